The Morgan fingerprint density at radius 1 is 1.33 bits per heavy atom. The number of piperidine rings is 1. The van der Waals surface area contributed by atoms with Gasteiger partial charge in [-0.1, -0.05) is 13.0 Å². The fourth-order valence-electron chi connectivity index (χ4n) is 3.13. The molecule has 2 heterocycles. The highest BCUT2D eigenvalue weighted by molar-refractivity contribution is 7.09. The predicted octanol–water partition coefficient (Wildman–Crippen LogP) is 3.47. The van der Waals surface area contributed by atoms with E-state index in [0.717, 1.165) is 35.7 Å². The topological polar surface area (TPSA) is 62.3 Å². The van der Waals surface area contributed by atoms with E-state index in [1.54, 1.807) is 6.92 Å². The van der Waals surface area contributed by atoms with Crippen molar-refractivity contribution in [3.63, 3.8) is 0 Å². The lowest BCUT2D eigenvalue weighted by atomic mass is 9.98. The molecule has 2 aromatic rings. The van der Waals surface area contributed by atoms with Gasteiger partial charge in [0.1, 0.15) is 17.2 Å². The molecule has 5 nitrogen and oxygen atoms in total. The van der Waals surface area contributed by atoms with Gasteiger partial charge in [-0.25, -0.2) is 13.8 Å². The SMILES string of the molecule is CCC(=O)NCc1csc([C@@H]2CCCN(C(=O)c3c(F)cccc3F)C2)n1. The molecule has 0 bridgehead atoms. The zero-order valence-corrected chi connectivity index (χ0v) is 15.8. The number of halogens is 2. The van der Waals surface area contributed by atoms with Crippen LogP contribution in [0.5, 0.6) is 0 Å². The molecule has 1 aromatic heterocycles. The number of aromatic nitrogens is 1. The second-order valence-corrected chi connectivity index (χ2v) is 7.38. The van der Waals surface area contributed by atoms with Gasteiger partial charge in [-0.05, 0) is 25.0 Å². The number of carbonyl (C=O) groups is 2. The minimum Gasteiger partial charge on any atom is -0.350 e. The molecule has 1 saturated heterocycles. The minimum absolute atomic E-state index is 0.0261. The molecule has 1 N–H and O–H groups in total. The molecule has 3 rings (SSSR count). The normalized spacial score (nSPS) is 17.0. The number of hydrogen-bond donors (Lipinski definition) is 1. The van der Waals surface area contributed by atoms with E-state index >= 15 is 0 Å². The highest BCUT2D eigenvalue weighted by atomic mass is 32.1. The molecule has 0 saturated carbocycles. The molecule has 144 valence electrons. The monoisotopic (exact) mass is 393 g/mol. The third-order valence-electron chi connectivity index (χ3n) is 4.59. The summed E-state index contributed by atoms with van der Waals surface area (Å²) in [5, 5.41) is 5.55. The minimum atomic E-state index is -0.842. The Hall–Kier alpha value is -2.35. The van der Waals surface area contributed by atoms with Gasteiger partial charge >= 0.3 is 0 Å². The number of benzene rings is 1. The predicted molar refractivity (Wildman–Crippen MR) is 98.5 cm³/mol. The molecule has 2 amide bonds. The number of carbonyl (C=O) groups excluding carboxylic acids is 2. The lowest BCUT2D eigenvalue weighted by Gasteiger charge is -2.32. The Bertz CT molecular complexity index is 820. The molecule has 27 heavy (non-hydrogen) atoms. The second-order valence-electron chi connectivity index (χ2n) is 6.49. The van der Waals surface area contributed by atoms with Gasteiger partial charge < -0.3 is 10.2 Å². The van der Waals surface area contributed by atoms with Crippen LogP contribution in [0, 0.1) is 11.6 Å². The van der Waals surface area contributed by atoms with E-state index in [-0.39, 0.29) is 11.8 Å². The molecule has 1 aliphatic rings. The maximum Gasteiger partial charge on any atom is 0.259 e. The Morgan fingerprint density at radius 3 is 2.78 bits per heavy atom. The summed E-state index contributed by atoms with van der Waals surface area (Å²) in [6.07, 6.45) is 2.02. The maximum atomic E-state index is 13.9. The number of amides is 2. The van der Waals surface area contributed by atoms with Crippen molar-refractivity contribution in [2.75, 3.05) is 13.1 Å². The van der Waals surface area contributed by atoms with Gasteiger partial charge in [0.05, 0.1) is 17.2 Å². The average Bonchev–Trinajstić information content (AvgIpc) is 3.15. The summed E-state index contributed by atoms with van der Waals surface area (Å²) in [5.74, 6) is -2.32. The number of nitrogens with zero attached hydrogens (tertiary/aromatic N) is 2. The summed E-state index contributed by atoms with van der Waals surface area (Å²) in [6, 6.07) is 3.43. The maximum absolute atomic E-state index is 13.9. The van der Waals surface area contributed by atoms with Crippen LogP contribution in [-0.4, -0.2) is 34.8 Å². The lowest BCUT2D eigenvalue weighted by molar-refractivity contribution is -0.120. The van der Waals surface area contributed by atoms with Crippen molar-refractivity contribution in [2.45, 2.75) is 38.6 Å². The molecule has 1 fully saturated rings. The number of nitrogens with one attached hydrogen (secondary N) is 1. The molecule has 1 aliphatic heterocycles. The van der Waals surface area contributed by atoms with Crippen molar-refractivity contribution in [3.8, 4) is 0 Å². The Balaban J connectivity index is 1.68. The third kappa shape index (κ3) is 4.50. The number of thiazole rings is 1. The standard InChI is InChI=1S/C19H21F2N3O2S/c1-2-16(25)22-9-13-11-27-18(23-13)12-5-4-8-24(10-12)19(26)17-14(20)6-3-7-15(17)21/h3,6-7,11-12H,2,4-5,8-10H2,1H3,(H,22,25)/t12-/m1/s1. The third-order valence-corrected chi connectivity index (χ3v) is 5.65. The fourth-order valence-corrected chi connectivity index (χ4v) is 4.08. The zero-order valence-electron chi connectivity index (χ0n) is 15.0. The van der Waals surface area contributed by atoms with E-state index in [1.165, 1.54) is 22.3 Å². The summed E-state index contributed by atoms with van der Waals surface area (Å²) in [7, 11) is 0. The second kappa shape index (κ2) is 8.56. The summed E-state index contributed by atoms with van der Waals surface area (Å²) >= 11 is 1.48. The average molecular weight is 393 g/mol. The van der Waals surface area contributed by atoms with Crippen LogP contribution in [0.25, 0.3) is 0 Å². The van der Waals surface area contributed by atoms with Crippen LogP contribution >= 0.6 is 11.3 Å². The van der Waals surface area contributed by atoms with Gasteiger partial charge in [-0.3, -0.25) is 9.59 Å². The van der Waals surface area contributed by atoms with Gasteiger partial charge in [0, 0.05) is 30.8 Å². The van der Waals surface area contributed by atoms with E-state index in [4.69, 9.17) is 0 Å². The summed E-state index contributed by atoms with van der Waals surface area (Å²) < 4.78 is 27.9. The molecule has 8 heteroatoms. The van der Waals surface area contributed by atoms with E-state index in [9.17, 15) is 18.4 Å². The molecule has 1 atom stereocenters. The number of hydrogen-bond acceptors (Lipinski definition) is 4. The van der Waals surface area contributed by atoms with E-state index in [2.05, 4.69) is 10.3 Å². The van der Waals surface area contributed by atoms with Crippen LogP contribution in [0.2, 0.25) is 0 Å². The Labute approximate surface area is 160 Å². The Morgan fingerprint density at radius 2 is 2.07 bits per heavy atom. The highest BCUT2D eigenvalue weighted by Crippen LogP contribution is 2.30. The molecule has 0 aliphatic carbocycles. The quantitative estimate of drug-likeness (QED) is 0.846. The lowest BCUT2D eigenvalue weighted by Crippen LogP contribution is -2.39. The molecular weight excluding hydrogens is 372 g/mol. The molecule has 0 radical (unpaired) electrons. The van der Waals surface area contributed by atoms with Crippen LogP contribution in [0.15, 0.2) is 23.6 Å². The van der Waals surface area contributed by atoms with Gasteiger partial charge in [0.15, 0.2) is 0 Å². The summed E-state index contributed by atoms with van der Waals surface area (Å²) in [5.41, 5.74) is 0.278. The van der Waals surface area contributed by atoms with E-state index in [0.29, 0.717) is 26.1 Å². The Kier molecular flexibility index (Phi) is 6.15. The zero-order chi connectivity index (χ0) is 19.4. The van der Waals surface area contributed by atoms with Crippen molar-refractivity contribution in [3.05, 3.63) is 51.5 Å². The fraction of sp³-hybridized carbons (Fsp3) is 0.421. The van der Waals surface area contributed by atoms with Crippen LogP contribution < -0.4 is 5.32 Å². The van der Waals surface area contributed by atoms with Gasteiger partial charge in [0.2, 0.25) is 5.91 Å². The summed E-state index contributed by atoms with van der Waals surface area (Å²) in [4.78, 5) is 30.0. The van der Waals surface area contributed by atoms with Crippen LogP contribution in [0.1, 0.15) is 53.2 Å². The van der Waals surface area contributed by atoms with Gasteiger partial charge in [0.25, 0.3) is 5.91 Å². The van der Waals surface area contributed by atoms with Crippen molar-refractivity contribution in [1.82, 2.24) is 15.2 Å². The van der Waals surface area contributed by atoms with Crippen molar-refractivity contribution >= 4 is 23.2 Å². The van der Waals surface area contributed by atoms with Crippen LogP contribution in [0.3, 0.4) is 0 Å². The van der Waals surface area contributed by atoms with Crippen LogP contribution in [0.4, 0.5) is 8.78 Å². The molecule has 1 aromatic carbocycles. The summed E-state index contributed by atoms with van der Waals surface area (Å²) in [6.45, 7) is 3.00. The highest BCUT2D eigenvalue weighted by Gasteiger charge is 2.30. The first-order valence-electron chi connectivity index (χ1n) is 8.93. The number of rotatable bonds is 5. The van der Waals surface area contributed by atoms with Crippen molar-refractivity contribution < 1.29 is 18.4 Å². The first-order chi connectivity index (χ1) is 13.0. The molecule has 0 spiro atoms. The molecule has 0 unspecified atom stereocenters. The van der Waals surface area contributed by atoms with E-state index in [1.807, 2.05) is 5.38 Å². The van der Waals surface area contributed by atoms with E-state index < -0.39 is 23.1 Å². The van der Waals surface area contributed by atoms with Crippen molar-refractivity contribution in [1.29, 1.82) is 0 Å². The smallest absolute Gasteiger partial charge is 0.259 e. The van der Waals surface area contributed by atoms with Gasteiger partial charge in [-0.2, -0.15) is 0 Å². The van der Waals surface area contributed by atoms with Gasteiger partial charge in [-0.15, -0.1) is 11.3 Å². The first-order valence-corrected chi connectivity index (χ1v) is 9.81. The largest absolute Gasteiger partial charge is 0.350 e. The van der Waals surface area contributed by atoms with Crippen molar-refractivity contribution in [2.24, 2.45) is 0 Å². The first kappa shape index (κ1) is 19.4. The number of likely N-dealkylation sites (tertiary alicyclic amines) is 1. The molecular formula is C19H21F2N3O2S. The van der Waals surface area contributed by atoms with Crippen LogP contribution in [-0.2, 0) is 11.3 Å².